The fourth-order valence-corrected chi connectivity index (χ4v) is 2.06. The Labute approximate surface area is 88.6 Å². The fourth-order valence-electron chi connectivity index (χ4n) is 2.06. The lowest BCUT2D eigenvalue weighted by Gasteiger charge is -2.30. The van der Waals surface area contributed by atoms with Crippen molar-refractivity contribution in [2.75, 3.05) is 31.2 Å². The lowest BCUT2D eigenvalue weighted by Crippen LogP contribution is -2.36. The number of morpholine rings is 1. The van der Waals surface area contributed by atoms with Gasteiger partial charge in [0.1, 0.15) is 5.76 Å². The molecule has 3 rings (SSSR count). The molecule has 15 heavy (non-hydrogen) atoms. The Bertz CT molecular complexity index is 418. The molecular formula is C12H13NO2. The molecule has 0 N–H and O–H groups in total. The summed E-state index contributed by atoms with van der Waals surface area (Å²) in [4.78, 5) is 2.35. The van der Waals surface area contributed by atoms with Gasteiger partial charge in [0.05, 0.1) is 25.2 Å². The van der Waals surface area contributed by atoms with Gasteiger partial charge in [0, 0.05) is 18.7 Å². The third-order valence-corrected chi connectivity index (χ3v) is 2.82. The Morgan fingerprint density at radius 3 is 2.80 bits per heavy atom. The Kier molecular flexibility index (Phi) is 2.10. The number of fused-ring (bicyclic) bond motifs is 1. The van der Waals surface area contributed by atoms with Crippen LogP contribution in [0, 0.1) is 0 Å². The van der Waals surface area contributed by atoms with Crippen molar-refractivity contribution in [1.82, 2.24) is 0 Å². The molecule has 0 saturated carbocycles. The molecule has 1 aliphatic carbocycles. The summed E-state index contributed by atoms with van der Waals surface area (Å²) in [5.74, 6) is 0.957. The molecule has 0 unspecified atom stereocenters. The summed E-state index contributed by atoms with van der Waals surface area (Å²) in [6, 6.07) is 8.16. The number of anilines is 1. The first-order valence-corrected chi connectivity index (χ1v) is 5.24. The largest absolute Gasteiger partial charge is 0.464 e. The number of ether oxygens (including phenoxy) is 1. The van der Waals surface area contributed by atoms with Crippen LogP contribution in [0.4, 0.5) is 5.69 Å². The van der Waals surface area contributed by atoms with Crippen LogP contribution in [0.5, 0.6) is 0 Å². The maximum atomic E-state index is 5.43. The van der Waals surface area contributed by atoms with E-state index in [0.29, 0.717) is 0 Å². The van der Waals surface area contributed by atoms with E-state index >= 15 is 0 Å². The highest BCUT2D eigenvalue weighted by molar-refractivity contribution is 5.76. The van der Waals surface area contributed by atoms with Crippen molar-refractivity contribution in [3.8, 4) is 11.3 Å². The van der Waals surface area contributed by atoms with Gasteiger partial charge in [-0.15, -0.1) is 0 Å². The van der Waals surface area contributed by atoms with Gasteiger partial charge < -0.3 is 14.1 Å². The van der Waals surface area contributed by atoms with E-state index in [0.717, 1.165) is 32.1 Å². The summed E-state index contributed by atoms with van der Waals surface area (Å²) in [5, 5.41) is 0. The average Bonchev–Trinajstić information content (AvgIpc) is 2.78. The average molecular weight is 203 g/mol. The molecule has 0 amide bonds. The minimum Gasteiger partial charge on any atom is -0.464 e. The quantitative estimate of drug-likeness (QED) is 0.710. The first kappa shape index (κ1) is 8.80. The topological polar surface area (TPSA) is 25.6 Å². The lowest BCUT2D eigenvalue weighted by atomic mass is 10.2. The van der Waals surface area contributed by atoms with Crippen molar-refractivity contribution in [1.29, 1.82) is 0 Å². The Morgan fingerprint density at radius 2 is 1.93 bits per heavy atom. The second-order valence-electron chi connectivity index (χ2n) is 3.71. The molecule has 78 valence electrons. The second-order valence-corrected chi connectivity index (χ2v) is 3.71. The van der Waals surface area contributed by atoms with Crippen LogP contribution < -0.4 is 4.90 Å². The minimum atomic E-state index is 0.814. The van der Waals surface area contributed by atoms with E-state index in [1.54, 1.807) is 6.26 Å². The summed E-state index contributed by atoms with van der Waals surface area (Å²) in [6.45, 7) is 3.55. The van der Waals surface area contributed by atoms with E-state index in [2.05, 4.69) is 11.0 Å². The summed E-state index contributed by atoms with van der Waals surface area (Å²) >= 11 is 0. The van der Waals surface area contributed by atoms with Gasteiger partial charge in [-0.3, -0.25) is 0 Å². The molecule has 0 bridgehead atoms. The van der Waals surface area contributed by atoms with Crippen LogP contribution in [0.1, 0.15) is 0 Å². The summed E-state index contributed by atoms with van der Waals surface area (Å²) in [6.07, 6.45) is 1.76. The van der Waals surface area contributed by atoms with Gasteiger partial charge in [0.2, 0.25) is 0 Å². The lowest BCUT2D eigenvalue weighted by molar-refractivity contribution is 0.122. The van der Waals surface area contributed by atoms with E-state index in [1.165, 1.54) is 11.3 Å². The number of nitrogens with zero attached hydrogens (tertiary/aromatic N) is 1. The Hall–Kier alpha value is -1.48. The van der Waals surface area contributed by atoms with Crippen LogP contribution in [0.3, 0.4) is 0 Å². The second kappa shape index (κ2) is 3.59. The summed E-state index contributed by atoms with van der Waals surface area (Å²) < 4.78 is 10.8. The zero-order chi connectivity index (χ0) is 10.1. The van der Waals surface area contributed by atoms with Gasteiger partial charge in [0.25, 0.3) is 0 Å². The minimum absolute atomic E-state index is 0.814. The zero-order valence-corrected chi connectivity index (χ0v) is 8.48. The van der Waals surface area contributed by atoms with Gasteiger partial charge in [-0.05, 0) is 18.2 Å². The molecule has 0 aromatic rings. The van der Waals surface area contributed by atoms with Crippen molar-refractivity contribution in [2.24, 2.45) is 0 Å². The van der Waals surface area contributed by atoms with Gasteiger partial charge in [-0.1, -0.05) is 6.07 Å². The highest BCUT2D eigenvalue weighted by atomic mass is 16.5. The molecule has 0 aromatic heterocycles. The molecule has 3 nitrogen and oxygen atoms in total. The van der Waals surface area contributed by atoms with Crippen molar-refractivity contribution in [3.05, 3.63) is 30.5 Å². The van der Waals surface area contributed by atoms with Crippen LogP contribution in [0.15, 0.2) is 34.9 Å². The number of hydrogen-bond donors (Lipinski definition) is 0. The molecule has 3 aliphatic rings. The van der Waals surface area contributed by atoms with Gasteiger partial charge in [-0.25, -0.2) is 0 Å². The van der Waals surface area contributed by atoms with E-state index in [9.17, 15) is 0 Å². The van der Waals surface area contributed by atoms with Gasteiger partial charge >= 0.3 is 0 Å². The highest BCUT2D eigenvalue weighted by Crippen LogP contribution is 2.33. The molecule has 0 atom stereocenters. The van der Waals surface area contributed by atoms with Crippen LogP contribution in [-0.4, -0.2) is 26.3 Å². The first-order chi connectivity index (χ1) is 7.45. The Balaban J connectivity index is 1.99. The monoisotopic (exact) mass is 203 g/mol. The highest BCUT2D eigenvalue weighted by Gasteiger charge is 2.17. The molecule has 2 heterocycles. The van der Waals surface area contributed by atoms with Gasteiger partial charge in [-0.2, -0.15) is 0 Å². The third-order valence-electron chi connectivity index (χ3n) is 2.82. The van der Waals surface area contributed by atoms with Crippen LogP contribution in [0.25, 0.3) is 11.3 Å². The maximum absolute atomic E-state index is 5.43. The number of hydrogen-bond acceptors (Lipinski definition) is 3. The molecule has 1 saturated heterocycles. The molecule has 0 aromatic carbocycles. The van der Waals surface area contributed by atoms with Gasteiger partial charge in [0.15, 0.2) is 0 Å². The van der Waals surface area contributed by atoms with Crippen LogP contribution >= 0.6 is 0 Å². The van der Waals surface area contributed by atoms with Crippen LogP contribution in [0.2, 0.25) is 0 Å². The fraction of sp³-hybridized carbons (Fsp3) is 0.333. The standard InChI is InChI=1S/C12H13NO2/c1-2-10-11(4-7-15-12(10)3-1)13-5-8-14-9-6-13/h1-4,7H,5-6,8-9H2. The Morgan fingerprint density at radius 1 is 1.07 bits per heavy atom. The smallest absolute Gasteiger partial charge is 0.135 e. The molecule has 1 fully saturated rings. The van der Waals surface area contributed by atoms with Crippen molar-refractivity contribution >= 4 is 5.69 Å². The van der Waals surface area contributed by atoms with E-state index in [-0.39, 0.29) is 0 Å². The first-order valence-electron chi connectivity index (χ1n) is 5.24. The molecule has 0 spiro atoms. The number of rotatable bonds is 1. The van der Waals surface area contributed by atoms with E-state index in [4.69, 9.17) is 9.15 Å². The van der Waals surface area contributed by atoms with Crippen molar-refractivity contribution in [2.45, 2.75) is 0 Å². The predicted octanol–water partition coefficient (Wildman–Crippen LogP) is 2.22. The van der Waals surface area contributed by atoms with Crippen molar-refractivity contribution in [3.63, 3.8) is 0 Å². The molecule has 3 heteroatoms. The zero-order valence-electron chi connectivity index (χ0n) is 8.48. The van der Waals surface area contributed by atoms with E-state index in [1.807, 2.05) is 18.2 Å². The third kappa shape index (κ3) is 1.49. The molecule has 0 radical (unpaired) electrons. The molecular weight excluding hydrogens is 190 g/mol. The molecule has 2 aliphatic heterocycles. The SMILES string of the molecule is c1cc2occc(N3CCOCC3)c-2c1. The maximum Gasteiger partial charge on any atom is 0.135 e. The normalized spacial score (nSPS) is 17.2. The van der Waals surface area contributed by atoms with Crippen LogP contribution in [-0.2, 0) is 4.74 Å². The van der Waals surface area contributed by atoms with Crippen molar-refractivity contribution < 1.29 is 9.15 Å². The predicted molar refractivity (Wildman–Crippen MR) is 58.4 cm³/mol. The summed E-state index contributed by atoms with van der Waals surface area (Å²) in [5.41, 5.74) is 2.45. The van der Waals surface area contributed by atoms with E-state index < -0.39 is 0 Å². The summed E-state index contributed by atoms with van der Waals surface area (Å²) in [7, 11) is 0.